The Bertz CT molecular complexity index is 2020. The fraction of sp³-hybridized carbons (Fsp3) is 1.00. The predicted molar refractivity (Wildman–Crippen MR) is 271 cm³/mol. The summed E-state index contributed by atoms with van der Waals surface area (Å²) >= 11 is 0. The first-order valence-corrected chi connectivity index (χ1v) is 28.8. The lowest BCUT2D eigenvalue weighted by molar-refractivity contribution is -0.396. The van der Waals surface area contributed by atoms with Crippen molar-refractivity contribution >= 4 is 0 Å². The summed E-state index contributed by atoms with van der Waals surface area (Å²) in [6.45, 7) is 2.17. The van der Waals surface area contributed by atoms with E-state index in [4.69, 9.17) is 66.3 Å². The zero-order valence-corrected chi connectivity index (χ0v) is 47.2. The van der Waals surface area contributed by atoms with Crippen LogP contribution in [0.2, 0.25) is 0 Å². The van der Waals surface area contributed by atoms with Gasteiger partial charge in [0.25, 0.3) is 0 Å². The lowest BCUT2D eigenvalue weighted by atomic mass is 9.95. The van der Waals surface area contributed by atoms with Crippen molar-refractivity contribution in [2.45, 2.75) is 236 Å². The second kappa shape index (κ2) is 31.0. The van der Waals surface area contributed by atoms with Crippen LogP contribution in [0.15, 0.2) is 0 Å². The number of ether oxygens (including phenoxy) is 14. The summed E-state index contributed by atoms with van der Waals surface area (Å²) in [4.78, 5) is 4.00. The molecule has 0 aromatic heterocycles. The number of hydrogen-bond acceptors (Lipinski definition) is 36. The van der Waals surface area contributed by atoms with Crippen molar-refractivity contribution in [1.82, 2.24) is 9.80 Å². The van der Waals surface area contributed by atoms with Crippen LogP contribution < -0.4 is 0 Å². The van der Waals surface area contributed by atoms with Gasteiger partial charge in [-0.25, -0.2) is 0 Å². The monoisotopic (exact) mass is 1260 g/mol. The third-order valence-corrected chi connectivity index (χ3v) is 17.1. The highest BCUT2D eigenvalue weighted by Crippen LogP contribution is 2.39. The Kier molecular flexibility index (Phi) is 25.4. The molecule has 36 nitrogen and oxygen atoms in total. The minimum Gasteiger partial charge on any atom is -0.394 e. The standard InChI is InChI=1S/C50H88N2O34/c1-4-51(5-2)7-8-52(6-3)9-16-37-23(59)30(66)44(73-16)81-38-17(10-53)75-46(32(68)25(38)61)83-40-19(12-55)77-48(34(70)27(40)63)85-42-21(14-57)79-50(36(72)29(42)65)86-43-22(15-58)78-49(35(71)28(43)64)84-41-20(13-56)76-47(33(69)26(41)62)82-39-18(11-54)74-45(80-37)31(67)24(39)60/h16-50,53-72H,4-15H2,1-3H3/t16-,17-,18-,19-,20-,21-,22-,23-,24-,25-,26-,27-,28-,29-,30-,31-,32-,33-,34-,35-,36-,37-,38-,39-,40-,41-,42-,43-,44-,45-,46-,47-,48-,49-,50-/m1/s1. The molecule has 0 aromatic rings. The molecular weight excluding hydrogens is 1170 g/mol. The summed E-state index contributed by atoms with van der Waals surface area (Å²) in [6, 6.07) is 0. The lowest BCUT2D eigenvalue weighted by Gasteiger charge is -2.50. The zero-order chi connectivity index (χ0) is 62.7. The maximum absolute atomic E-state index is 12.0. The molecule has 21 saturated heterocycles. The minimum atomic E-state index is -2.20. The number of aliphatic hydroxyl groups is 20. The number of hydrogen-bond donors (Lipinski definition) is 20. The van der Waals surface area contributed by atoms with Gasteiger partial charge in [-0.1, -0.05) is 20.8 Å². The first kappa shape index (κ1) is 70.4. The van der Waals surface area contributed by atoms with Crippen LogP contribution in [0.4, 0.5) is 0 Å². The molecule has 21 rings (SSSR count). The van der Waals surface area contributed by atoms with Gasteiger partial charge >= 0.3 is 0 Å². The lowest BCUT2D eigenvalue weighted by Crippen LogP contribution is -2.68. The van der Waals surface area contributed by atoms with Gasteiger partial charge in [-0.15, -0.1) is 0 Å². The van der Waals surface area contributed by atoms with Crippen molar-refractivity contribution < 1.29 is 168 Å². The van der Waals surface area contributed by atoms with Crippen molar-refractivity contribution in [3.63, 3.8) is 0 Å². The smallest absolute Gasteiger partial charge is 0.187 e. The normalized spacial score (nSPS) is 51.0. The number of aliphatic hydroxyl groups excluding tert-OH is 20. The van der Waals surface area contributed by atoms with E-state index in [1.807, 2.05) is 25.7 Å². The van der Waals surface area contributed by atoms with Crippen molar-refractivity contribution in [2.75, 3.05) is 78.9 Å². The molecule has 21 fully saturated rings. The topological polar surface area (TPSA) is 540 Å². The van der Waals surface area contributed by atoms with Gasteiger partial charge in [0, 0.05) is 19.6 Å². The van der Waals surface area contributed by atoms with Crippen LogP contribution in [0.25, 0.3) is 0 Å². The predicted octanol–water partition coefficient (Wildman–Crippen LogP) is -13.6. The van der Waals surface area contributed by atoms with Crippen LogP contribution in [-0.4, -0.2) is 406 Å². The fourth-order valence-corrected chi connectivity index (χ4v) is 11.9. The highest BCUT2D eigenvalue weighted by molar-refractivity contribution is 5.02. The van der Waals surface area contributed by atoms with Crippen molar-refractivity contribution in [1.29, 1.82) is 0 Å². The molecular formula is C50H88N2O34. The second-order valence-corrected chi connectivity index (χ2v) is 22.4. The highest BCUT2D eigenvalue weighted by atomic mass is 16.8. The molecule has 21 aliphatic rings. The third kappa shape index (κ3) is 14.7. The summed E-state index contributed by atoms with van der Waals surface area (Å²) < 4.78 is 82.0. The van der Waals surface area contributed by atoms with Crippen LogP contribution in [0, 0.1) is 0 Å². The molecule has 0 spiro atoms. The number of nitrogens with zero attached hydrogens (tertiary/aromatic N) is 2. The van der Waals surface area contributed by atoms with E-state index in [1.54, 1.807) is 0 Å². The summed E-state index contributed by atoms with van der Waals surface area (Å²) in [6.07, 6.45) is -68.9. The van der Waals surface area contributed by atoms with Crippen molar-refractivity contribution in [3.8, 4) is 0 Å². The molecule has 0 radical (unpaired) electrons. The maximum atomic E-state index is 12.0. The molecule has 14 bridgehead atoms. The molecule has 0 amide bonds. The Labute approximate surface area is 492 Å². The van der Waals surface area contributed by atoms with E-state index >= 15 is 0 Å². The SMILES string of the molecule is CCN(CC)CCN(CC)C[C@H]1O[C@@H]2O[C@H]3[C@H](O)[C@@H](O)[C@@H](O[C@H]4[C@H](O)[C@@H](O)[C@@H](O[C@H]5[C@H](O)[C@@H](O)[C@@H](O[C@H]6[C@H](O)[C@@H](O)[C@@H](O[C@H]7[C@H](O)[C@@H](O)[C@@H](O[C@H]8[C@H](O)[C@@H](O)[C@@H](O[C@H]1[C@H](O)[C@H]2O)O[C@@H]8CO)O[C@@H]7CO)O[C@@H]6CO)O[C@@H]5CO)O[C@@H]4CO)O[C@@H]3CO. The van der Waals surface area contributed by atoms with Crippen molar-refractivity contribution in [2.24, 2.45) is 0 Å². The van der Waals surface area contributed by atoms with E-state index in [9.17, 15) is 102 Å². The molecule has 36 heteroatoms. The fourth-order valence-electron chi connectivity index (χ4n) is 11.9. The van der Waals surface area contributed by atoms with Crippen LogP contribution in [0.3, 0.4) is 0 Å². The molecule has 0 aliphatic carbocycles. The first-order valence-electron chi connectivity index (χ1n) is 28.8. The molecule has 0 aromatic carbocycles. The second-order valence-electron chi connectivity index (χ2n) is 22.4. The van der Waals surface area contributed by atoms with Crippen molar-refractivity contribution in [3.05, 3.63) is 0 Å². The Balaban J connectivity index is 1.11. The van der Waals surface area contributed by atoms with Gasteiger partial charge in [-0.05, 0) is 19.6 Å². The first-order chi connectivity index (χ1) is 41.0. The number of rotatable bonds is 14. The van der Waals surface area contributed by atoms with E-state index in [0.29, 0.717) is 32.7 Å². The molecule has 0 unspecified atom stereocenters. The quantitative estimate of drug-likeness (QED) is 0.0768. The van der Waals surface area contributed by atoms with Gasteiger partial charge < -0.3 is 173 Å². The van der Waals surface area contributed by atoms with Gasteiger partial charge in [0.2, 0.25) is 0 Å². The Morgan fingerprint density at radius 3 is 0.558 bits per heavy atom. The number of likely N-dealkylation sites (N-methyl/N-ethyl adjacent to an activating group) is 2. The van der Waals surface area contributed by atoms with Crippen LogP contribution in [0.1, 0.15) is 20.8 Å². The van der Waals surface area contributed by atoms with Crippen LogP contribution >= 0.6 is 0 Å². The minimum absolute atomic E-state index is 0.118. The van der Waals surface area contributed by atoms with E-state index in [2.05, 4.69) is 4.90 Å². The van der Waals surface area contributed by atoms with Crippen LogP contribution in [0.5, 0.6) is 0 Å². The van der Waals surface area contributed by atoms with Gasteiger partial charge in [0.05, 0.1) is 39.6 Å². The van der Waals surface area contributed by atoms with Gasteiger partial charge in [0.15, 0.2) is 44.0 Å². The summed E-state index contributed by atoms with van der Waals surface area (Å²) in [7, 11) is 0. The molecule has 20 N–H and O–H groups in total. The zero-order valence-electron chi connectivity index (χ0n) is 47.2. The summed E-state index contributed by atoms with van der Waals surface area (Å²) in [5.41, 5.74) is 0. The molecule has 21 aliphatic heterocycles. The third-order valence-electron chi connectivity index (χ3n) is 17.1. The average Bonchev–Trinajstić information content (AvgIpc) is 1.06. The molecule has 35 atom stereocenters. The van der Waals surface area contributed by atoms with E-state index in [0.717, 1.165) is 0 Å². The van der Waals surface area contributed by atoms with E-state index < -0.39 is 255 Å². The molecule has 502 valence electrons. The Morgan fingerprint density at radius 1 is 0.221 bits per heavy atom. The van der Waals surface area contributed by atoms with Gasteiger partial charge in [0.1, 0.15) is 171 Å². The van der Waals surface area contributed by atoms with Gasteiger partial charge in [-0.3, -0.25) is 4.90 Å². The van der Waals surface area contributed by atoms with Gasteiger partial charge in [-0.2, -0.15) is 0 Å². The molecule has 0 saturated carbocycles. The maximum Gasteiger partial charge on any atom is 0.187 e. The molecule has 21 heterocycles. The Hall–Kier alpha value is -1.44. The summed E-state index contributed by atoms with van der Waals surface area (Å²) in [5.74, 6) is 0. The highest BCUT2D eigenvalue weighted by Gasteiger charge is 2.59. The summed E-state index contributed by atoms with van der Waals surface area (Å²) in [5, 5.41) is 224. The van der Waals surface area contributed by atoms with E-state index in [1.165, 1.54) is 0 Å². The Morgan fingerprint density at radius 2 is 0.384 bits per heavy atom. The largest absolute Gasteiger partial charge is 0.394 e. The molecule has 86 heavy (non-hydrogen) atoms. The van der Waals surface area contributed by atoms with Crippen LogP contribution in [-0.2, 0) is 66.3 Å². The van der Waals surface area contributed by atoms with E-state index in [-0.39, 0.29) is 6.54 Å². The average molecular weight is 1260 g/mol.